The molecule has 0 aromatic carbocycles. The summed E-state index contributed by atoms with van der Waals surface area (Å²) in [5, 5.41) is 0. The van der Waals surface area contributed by atoms with Crippen LogP contribution in [0.3, 0.4) is 0 Å². The van der Waals surface area contributed by atoms with E-state index in [0.717, 1.165) is 32.7 Å². The molecule has 18 heavy (non-hydrogen) atoms. The fourth-order valence-electron chi connectivity index (χ4n) is 2.22. The van der Waals surface area contributed by atoms with E-state index in [9.17, 15) is 4.79 Å². The molecule has 0 aliphatic carbocycles. The molecule has 5 nitrogen and oxygen atoms in total. The Hall–Kier alpha value is -0.650. The molecule has 0 aromatic heterocycles. The third-order valence-electron chi connectivity index (χ3n) is 3.30. The van der Waals surface area contributed by atoms with Gasteiger partial charge in [0, 0.05) is 38.8 Å². The molecule has 2 atom stereocenters. The normalized spacial score (nSPS) is 20.9. The van der Waals surface area contributed by atoms with Crippen LogP contribution in [0.2, 0.25) is 0 Å². The molecule has 5 heteroatoms. The SMILES string of the molecule is CCOC(CN)CC(=O)N(CC)CC1CCOC1. The second-order valence-electron chi connectivity index (χ2n) is 4.68. The van der Waals surface area contributed by atoms with Crippen LogP contribution in [0, 0.1) is 5.92 Å². The first kappa shape index (κ1) is 15.4. The van der Waals surface area contributed by atoms with Gasteiger partial charge in [-0.05, 0) is 20.3 Å². The summed E-state index contributed by atoms with van der Waals surface area (Å²) in [6, 6.07) is 0. The summed E-state index contributed by atoms with van der Waals surface area (Å²) >= 11 is 0. The summed E-state index contributed by atoms with van der Waals surface area (Å²) in [5.74, 6) is 0.616. The van der Waals surface area contributed by atoms with Gasteiger partial charge in [-0.1, -0.05) is 0 Å². The van der Waals surface area contributed by atoms with Gasteiger partial charge >= 0.3 is 0 Å². The summed E-state index contributed by atoms with van der Waals surface area (Å²) in [6.45, 7) is 8.03. The first-order chi connectivity index (χ1) is 8.71. The van der Waals surface area contributed by atoms with E-state index < -0.39 is 0 Å². The molecule has 0 bridgehead atoms. The van der Waals surface area contributed by atoms with Crippen molar-refractivity contribution >= 4 is 5.91 Å². The van der Waals surface area contributed by atoms with Gasteiger partial charge in [-0.3, -0.25) is 4.79 Å². The first-order valence-corrected chi connectivity index (χ1v) is 6.88. The molecule has 1 heterocycles. The maximum atomic E-state index is 12.2. The van der Waals surface area contributed by atoms with Gasteiger partial charge in [0.25, 0.3) is 0 Å². The van der Waals surface area contributed by atoms with Crippen molar-refractivity contribution in [3.63, 3.8) is 0 Å². The number of carbonyl (C=O) groups excluding carboxylic acids is 1. The molecule has 2 unspecified atom stereocenters. The highest BCUT2D eigenvalue weighted by Gasteiger charge is 2.23. The van der Waals surface area contributed by atoms with E-state index in [-0.39, 0.29) is 12.0 Å². The molecule has 2 N–H and O–H groups in total. The van der Waals surface area contributed by atoms with Gasteiger partial charge in [0.1, 0.15) is 0 Å². The summed E-state index contributed by atoms with van der Waals surface area (Å²) in [7, 11) is 0. The third-order valence-corrected chi connectivity index (χ3v) is 3.30. The minimum absolute atomic E-state index is 0.133. The summed E-state index contributed by atoms with van der Waals surface area (Å²) < 4.78 is 10.8. The van der Waals surface area contributed by atoms with E-state index in [1.54, 1.807) is 0 Å². The molecule has 0 aromatic rings. The highest BCUT2D eigenvalue weighted by Crippen LogP contribution is 2.15. The first-order valence-electron chi connectivity index (χ1n) is 6.88. The Morgan fingerprint density at radius 1 is 1.56 bits per heavy atom. The Balaban J connectivity index is 2.39. The van der Waals surface area contributed by atoms with Gasteiger partial charge in [0.15, 0.2) is 0 Å². The van der Waals surface area contributed by atoms with Crippen molar-refractivity contribution in [2.24, 2.45) is 11.7 Å². The van der Waals surface area contributed by atoms with Crippen molar-refractivity contribution in [1.29, 1.82) is 0 Å². The van der Waals surface area contributed by atoms with Crippen molar-refractivity contribution in [1.82, 2.24) is 4.90 Å². The number of ether oxygens (including phenoxy) is 2. The molecule has 1 amide bonds. The maximum Gasteiger partial charge on any atom is 0.225 e. The number of amides is 1. The minimum Gasteiger partial charge on any atom is -0.381 e. The van der Waals surface area contributed by atoms with Crippen molar-refractivity contribution in [2.45, 2.75) is 32.8 Å². The van der Waals surface area contributed by atoms with Gasteiger partial charge in [-0.15, -0.1) is 0 Å². The Morgan fingerprint density at radius 2 is 2.33 bits per heavy atom. The van der Waals surface area contributed by atoms with Crippen LogP contribution in [0.15, 0.2) is 0 Å². The second kappa shape index (κ2) is 8.45. The number of nitrogens with zero attached hydrogens (tertiary/aromatic N) is 1. The van der Waals surface area contributed by atoms with Crippen LogP contribution in [-0.2, 0) is 14.3 Å². The molecule has 1 rings (SSSR count). The van der Waals surface area contributed by atoms with E-state index in [4.69, 9.17) is 15.2 Å². The van der Waals surface area contributed by atoms with Crippen LogP contribution in [0.4, 0.5) is 0 Å². The van der Waals surface area contributed by atoms with Crippen molar-refractivity contribution in [3.8, 4) is 0 Å². The molecule has 1 aliphatic rings. The second-order valence-corrected chi connectivity index (χ2v) is 4.68. The average molecular weight is 258 g/mol. The average Bonchev–Trinajstić information content (AvgIpc) is 2.88. The number of hydrogen-bond donors (Lipinski definition) is 1. The molecular formula is C13H26N2O3. The fraction of sp³-hybridized carbons (Fsp3) is 0.923. The summed E-state index contributed by atoms with van der Waals surface area (Å²) in [5.41, 5.74) is 5.60. The topological polar surface area (TPSA) is 64.8 Å². The van der Waals surface area contributed by atoms with Crippen LogP contribution < -0.4 is 5.73 Å². The standard InChI is InChI=1S/C13H26N2O3/c1-3-15(9-11-5-6-17-10-11)13(16)7-12(8-14)18-4-2/h11-12H,3-10,14H2,1-2H3. The third kappa shape index (κ3) is 4.92. The van der Waals surface area contributed by atoms with Crippen LogP contribution in [0.5, 0.6) is 0 Å². The fourth-order valence-corrected chi connectivity index (χ4v) is 2.22. The molecule has 0 spiro atoms. The van der Waals surface area contributed by atoms with Crippen LogP contribution in [0.25, 0.3) is 0 Å². The summed E-state index contributed by atoms with van der Waals surface area (Å²) in [4.78, 5) is 14.0. The molecular weight excluding hydrogens is 232 g/mol. The lowest BCUT2D eigenvalue weighted by Crippen LogP contribution is -2.39. The van der Waals surface area contributed by atoms with Crippen molar-refractivity contribution in [2.75, 3.05) is 39.5 Å². The smallest absolute Gasteiger partial charge is 0.225 e. The number of nitrogens with two attached hydrogens (primary N) is 1. The van der Waals surface area contributed by atoms with E-state index >= 15 is 0 Å². The summed E-state index contributed by atoms with van der Waals surface area (Å²) in [6.07, 6.45) is 1.28. The lowest BCUT2D eigenvalue weighted by Gasteiger charge is -2.25. The zero-order valence-electron chi connectivity index (χ0n) is 11.6. The van der Waals surface area contributed by atoms with E-state index in [1.807, 2.05) is 18.7 Å². The highest BCUT2D eigenvalue weighted by molar-refractivity contribution is 5.76. The van der Waals surface area contributed by atoms with Gasteiger partial charge in [-0.2, -0.15) is 0 Å². The van der Waals surface area contributed by atoms with E-state index in [1.165, 1.54) is 0 Å². The van der Waals surface area contributed by atoms with Gasteiger partial charge < -0.3 is 20.1 Å². The van der Waals surface area contributed by atoms with E-state index in [2.05, 4.69) is 0 Å². The van der Waals surface area contributed by atoms with Crippen LogP contribution >= 0.6 is 0 Å². The zero-order chi connectivity index (χ0) is 13.4. The Bertz CT molecular complexity index is 242. The minimum atomic E-state index is -0.156. The van der Waals surface area contributed by atoms with Crippen LogP contribution in [-0.4, -0.2) is 56.4 Å². The zero-order valence-corrected chi connectivity index (χ0v) is 11.6. The maximum absolute atomic E-state index is 12.2. The lowest BCUT2D eigenvalue weighted by atomic mass is 10.1. The van der Waals surface area contributed by atoms with Crippen molar-refractivity contribution in [3.05, 3.63) is 0 Å². The predicted molar refractivity (Wildman–Crippen MR) is 70.3 cm³/mol. The number of rotatable bonds is 8. The highest BCUT2D eigenvalue weighted by atomic mass is 16.5. The molecule has 0 saturated carbocycles. The number of hydrogen-bond acceptors (Lipinski definition) is 4. The molecule has 0 radical (unpaired) electrons. The molecule has 1 saturated heterocycles. The monoisotopic (exact) mass is 258 g/mol. The quantitative estimate of drug-likeness (QED) is 0.693. The largest absolute Gasteiger partial charge is 0.381 e. The molecule has 106 valence electrons. The Morgan fingerprint density at radius 3 is 2.83 bits per heavy atom. The predicted octanol–water partition coefficient (Wildman–Crippen LogP) is 0.625. The number of carbonyl (C=O) groups is 1. The van der Waals surface area contributed by atoms with Gasteiger partial charge in [0.05, 0.1) is 19.1 Å². The van der Waals surface area contributed by atoms with Crippen LogP contribution in [0.1, 0.15) is 26.7 Å². The molecule has 1 aliphatic heterocycles. The van der Waals surface area contributed by atoms with Crippen molar-refractivity contribution < 1.29 is 14.3 Å². The molecule has 1 fully saturated rings. The Kier molecular flexibility index (Phi) is 7.23. The lowest BCUT2D eigenvalue weighted by molar-refractivity contribution is -0.134. The van der Waals surface area contributed by atoms with E-state index in [0.29, 0.717) is 25.5 Å². The Labute approximate surface area is 110 Å². The van der Waals surface area contributed by atoms with Gasteiger partial charge in [-0.25, -0.2) is 0 Å². The van der Waals surface area contributed by atoms with Gasteiger partial charge in [0.2, 0.25) is 5.91 Å².